The van der Waals surface area contributed by atoms with Crippen LogP contribution in [0.15, 0.2) is 12.2 Å². The number of esters is 1. The van der Waals surface area contributed by atoms with Gasteiger partial charge in [0.05, 0.1) is 27.9 Å². The average molecular weight is 312 g/mol. The molecule has 0 unspecified atom stereocenters. The summed E-state index contributed by atoms with van der Waals surface area (Å²) in [5, 5.41) is 0. The summed E-state index contributed by atoms with van der Waals surface area (Å²) in [6.45, 7) is 5.26. The van der Waals surface area contributed by atoms with Gasteiger partial charge in [-0.15, -0.1) is 0 Å². The molecule has 0 aromatic carbocycles. The van der Waals surface area contributed by atoms with Crippen LogP contribution in [0.3, 0.4) is 0 Å². The Bertz CT molecular complexity index is 279. The predicted molar refractivity (Wildman–Crippen MR) is 66.4 cm³/mol. The molecule has 0 heterocycles. The lowest BCUT2D eigenvalue weighted by molar-refractivity contribution is -0.370. The second kappa shape index (κ2) is 10.9. The van der Waals surface area contributed by atoms with E-state index in [2.05, 4.69) is 21.2 Å². The largest absolute Gasteiger partial charge is 0.764 e. The van der Waals surface area contributed by atoms with Gasteiger partial charge in [-0.3, -0.25) is 0 Å². The van der Waals surface area contributed by atoms with Crippen molar-refractivity contribution in [2.75, 3.05) is 34.5 Å². The molecule has 0 aliphatic rings. The van der Waals surface area contributed by atoms with Crippen LogP contribution in [0.25, 0.3) is 0 Å². The molecule has 0 N–H and O–H groups in total. The molecule has 0 saturated heterocycles. The summed E-state index contributed by atoms with van der Waals surface area (Å²) in [5.74, 6) is -0.470. The summed E-state index contributed by atoms with van der Waals surface area (Å²) >= 11 is 0. The Morgan fingerprint density at radius 1 is 1.00 bits per heavy atom. The molecule has 10 heteroatoms. The van der Waals surface area contributed by atoms with Gasteiger partial charge in [-0.2, -0.15) is 13.7 Å². The number of carbonyl (C=O) groups excluding carboxylic acids is 1. The van der Waals surface area contributed by atoms with Crippen molar-refractivity contribution >= 4 is 15.0 Å². The number of rotatable bonds is 12. The molecular weight excluding hydrogens is 292 g/mol. The highest BCUT2D eigenvalue weighted by Crippen LogP contribution is 2.13. The monoisotopic (exact) mass is 312 g/mol. The van der Waals surface area contributed by atoms with Crippen LogP contribution >= 0.6 is 0 Å². The van der Waals surface area contributed by atoms with Gasteiger partial charge in [0, 0.05) is 18.6 Å². The van der Waals surface area contributed by atoms with Gasteiger partial charge in [0.15, 0.2) is 0 Å². The first kappa shape index (κ1) is 19.1. The summed E-state index contributed by atoms with van der Waals surface area (Å²) in [4.78, 5) is 24.5. The second-order valence-corrected chi connectivity index (χ2v) is 5.16. The normalized spacial score (nSPS) is 11.4. The third kappa shape index (κ3) is 7.67. The minimum atomic E-state index is -3.72. The van der Waals surface area contributed by atoms with Crippen molar-refractivity contribution in [3.8, 4) is 0 Å². The first-order valence-corrected chi connectivity index (χ1v) is 7.26. The van der Waals surface area contributed by atoms with E-state index in [1.165, 1.54) is 21.3 Å². The summed E-state index contributed by atoms with van der Waals surface area (Å²) in [7, 11) is 0.0242. The van der Waals surface area contributed by atoms with Gasteiger partial charge < -0.3 is 9.16 Å². The highest BCUT2D eigenvalue weighted by Gasteiger charge is 2.51. The standard InChI is InChI=1S/C10H20O9Si/c1-9(2)10(11)15-7-6-8-16-20(17-12-3,18-13-4)19-14-5/h1,6-8H2,2-5H3. The Kier molecular flexibility index (Phi) is 10.4. The summed E-state index contributed by atoms with van der Waals surface area (Å²) in [5.41, 5.74) is 0.322. The molecule has 0 aliphatic carbocycles. The molecule has 9 nitrogen and oxygen atoms in total. The van der Waals surface area contributed by atoms with Crippen LogP contribution in [0.2, 0.25) is 0 Å². The smallest absolute Gasteiger partial charge is 0.462 e. The van der Waals surface area contributed by atoms with E-state index < -0.39 is 15.0 Å². The van der Waals surface area contributed by atoms with Gasteiger partial charge >= 0.3 is 15.0 Å². The van der Waals surface area contributed by atoms with Crippen molar-refractivity contribution in [2.45, 2.75) is 13.3 Å². The molecule has 118 valence electrons. The zero-order chi connectivity index (χ0) is 15.4. The number of ether oxygens (including phenoxy) is 1. The van der Waals surface area contributed by atoms with Crippen LogP contribution in [0.1, 0.15) is 13.3 Å². The maximum Gasteiger partial charge on any atom is 0.764 e. The van der Waals surface area contributed by atoms with E-state index in [4.69, 9.17) is 22.9 Å². The second-order valence-electron chi connectivity index (χ2n) is 3.37. The summed E-state index contributed by atoms with van der Waals surface area (Å²) < 4.78 is 24.5. The lowest BCUT2D eigenvalue weighted by atomic mass is 10.4. The van der Waals surface area contributed by atoms with Crippen molar-refractivity contribution in [3.05, 3.63) is 12.2 Å². The molecule has 0 aromatic rings. The third-order valence-corrected chi connectivity index (χ3v) is 3.38. The molecule has 0 radical (unpaired) electrons. The highest BCUT2D eigenvalue weighted by molar-refractivity contribution is 6.52. The topological polar surface area (TPSA) is 90.9 Å². The fourth-order valence-corrected chi connectivity index (χ4v) is 2.20. The molecule has 0 aromatic heterocycles. The Morgan fingerprint density at radius 2 is 1.50 bits per heavy atom. The van der Waals surface area contributed by atoms with Crippen LogP contribution in [0.5, 0.6) is 0 Å². The van der Waals surface area contributed by atoms with E-state index in [-0.39, 0.29) is 13.2 Å². The molecular formula is C10H20O9Si. The van der Waals surface area contributed by atoms with E-state index in [1.807, 2.05) is 0 Å². The van der Waals surface area contributed by atoms with Gasteiger partial charge in [0.25, 0.3) is 0 Å². The summed E-state index contributed by atoms with van der Waals surface area (Å²) in [6, 6.07) is 0. The zero-order valence-corrected chi connectivity index (χ0v) is 13.0. The Hall–Kier alpha value is -0.853. The van der Waals surface area contributed by atoms with E-state index in [1.54, 1.807) is 6.92 Å². The number of carbonyl (C=O) groups is 1. The van der Waals surface area contributed by atoms with Crippen molar-refractivity contribution in [3.63, 3.8) is 0 Å². The Labute approximate surface area is 118 Å². The van der Waals surface area contributed by atoms with E-state index in [0.717, 1.165) is 0 Å². The molecule has 0 aliphatic heterocycles. The van der Waals surface area contributed by atoms with Crippen molar-refractivity contribution in [1.29, 1.82) is 0 Å². The van der Waals surface area contributed by atoms with E-state index >= 15 is 0 Å². The van der Waals surface area contributed by atoms with Crippen molar-refractivity contribution in [2.24, 2.45) is 0 Å². The predicted octanol–water partition coefficient (Wildman–Crippen LogP) is 0.682. The number of hydrogen-bond acceptors (Lipinski definition) is 9. The van der Waals surface area contributed by atoms with Crippen molar-refractivity contribution < 1.29 is 42.4 Å². The van der Waals surface area contributed by atoms with Gasteiger partial charge in [0.1, 0.15) is 0 Å². The van der Waals surface area contributed by atoms with Crippen LogP contribution in [0.4, 0.5) is 0 Å². The highest BCUT2D eigenvalue weighted by atomic mass is 28.4. The molecule has 0 fully saturated rings. The average Bonchev–Trinajstić information content (AvgIpc) is 2.39. The number of hydrogen-bond donors (Lipinski definition) is 0. The maximum atomic E-state index is 11.1. The lowest BCUT2D eigenvalue weighted by Gasteiger charge is -2.22. The summed E-state index contributed by atoms with van der Waals surface area (Å²) in [6.07, 6.45) is 0.376. The zero-order valence-electron chi connectivity index (χ0n) is 12.0. The molecule has 0 atom stereocenters. The lowest BCUT2D eigenvalue weighted by Crippen LogP contribution is -2.49. The van der Waals surface area contributed by atoms with E-state index in [0.29, 0.717) is 12.0 Å². The molecule has 0 bridgehead atoms. The Morgan fingerprint density at radius 3 is 1.90 bits per heavy atom. The van der Waals surface area contributed by atoms with Crippen LogP contribution in [0, 0.1) is 0 Å². The SMILES string of the molecule is C=C(C)C(=O)OCCCO[Si](OOC)(OOC)OOC. The first-order chi connectivity index (χ1) is 9.51. The molecule has 20 heavy (non-hydrogen) atoms. The molecule has 0 spiro atoms. The Balaban J connectivity index is 4.12. The van der Waals surface area contributed by atoms with Gasteiger partial charge in [-0.25, -0.2) is 19.5 Å². The third-order valence-electron chi connectivity index (χ3n) is 1.71. The minimum absolute atomic E-state index is 0.103. The van der Waals surface area contributed by atoms with Crippen molar-refractivity contribution in [1.82, 2.24) is 0 Å². The van der Waals surface area contributed by atoms with Crippen LogP contribution in [-0.4, -0.2) is 49.6 Å². The maximum absolute atomic E-state index is 11.1. The molecule has 0 rings (SSSR count). The first-order valence-electron chi connectivity index (χ1n) is 5.63. The quantitative estimate of drug-likeness (QED) is 0.129. The fraction of sp³-hybridized carbons (Fsp3) is 0.700. The van der Waals surface area contributed by atoms with Crippen LogP contribution < -0.4 is 0 Å². The molecule has 0 saturated carbocycles. The van der Waals surface area contributed by atoms with Crippen LogP contribution in [-0.2, 0) is 42.4 Å². The fourth-order valence-electron chi connectivity index (χ4n) is 0.964. The van der Waals surface area contributed by atoms with Gasteiger partial charge in [-0.1, -0.05) is 6.58 Å². The van der Waals surface area contributed by atoms with Gasteiger partial charge in [0.2, 0.25) is 0 Å². The molecule has 0 amide bonds. The van der Waals surface area contributed by atoms with E-state index in [9.17, 15) is 4.79 Å². The minimum Gasteiger partial charge on any atom is -0.462 e. The van der Waals surface area contributed by atoms with Gasteiger partial charge in [-0.05, 0) is 6.92 Å².